The smallest absolute Gasteiger partial charge is 0.321 e. The second kappa shape index (κ2) is 10.6. The van der Waals surface area contributed by atoms with E-state index in [1.165, 1.54) is 21.3 Å². The molecular weight excluding hydrogens is 408 g/mol. The first-order chi connectivity index (χ1) is 14.4. The third kappa shape index (κ3) is 4.91. The van der Waals surface area contributed by atoms with Crippen molar-refractivity contribution in [3.05, 3.63) is 28.3 Å². The maximum absolute atomic E-state index is 12.8. The number of methoxy groups -OCH3 is 3. The number of imide groups is 1. The summed E-state index contributed by atoms with van der Waals surface area (Å²) >= 11 is 1.05. The minimum absolute atomic E-state index is 0.239. The number of ether oxygens (including phenoxy) is 3. The number of carbonyl (C=O) groups excluding carboxylic acids is 2. The van der Waals surface area contributed by atoms with Crippen molar-refractivity contribution in [2.24, 2.45) is 5.73 Å². The molecule has 0 fully saturated rings. The third-order valence-electron chi connectivity index (χ3n) is 4.61. The normalized spacial score (nSPS) is 17.8. The van der Waals surface area contributed by atoms with Crippen molar-refractivity contribution in [1.82, 2.24) is 10.6 Å². The molecular formula is C20H26N4O5S. The number of urea groups is 1. The molecule has 0 saturated heterocycles. The van der Waals surface area contributed by atoms with Gasteiger partial charge in [-0.3, -0.25) is 10.1 Å². The lowest BCUT2D eigenvalue weighted by Gasteiger charge is -2.21. The highest BCUT2D eigenvalue weighted by molar-refractivity contribution is 8.04. The number of hydrogen-bond acceptors (Lipinski definition) is 8. The highest BCUT2D eigenvalue weighted by Crippen LogP contribution is 2.49. The Morgan fingerprint density at radius 2 is 1.83 bits per heavy atom. The van der Waals surface area contributed by atoms with E-state index in [0.717, 1.165) is 24.6 Å². The number of benzene rings is 1. The van der Waals surface area contributed by atoms with Gasteiger partial charge in [0.1, 0.15) is 5.25 Å². The molecule has 1 heterocycles. The summed E-state index contributed by atoms with van der Waals surface area (Å²) in [7, 11) is 4.44. The highest BCUT2D eigenvalue weighted by Gasteiger charge is 2.42. The lowest BCUT2D eigenvalue weighted by molar-refractivity contribution is -0.119. The molecule has 0 spiro atoms. The molecule has 2 atom stereocenters. The summed E-state index contributed by atoms with van der Waals surface area (Å²) in [6, 6.07) is 4.85. The second-order valence-corrected chi connectivity index (χ2v) is 7.65. The molecule has 1 aliphatic rings. The molecule has 3 amide bonds. The van der Waals surface area contributed by atoms with Crippen LogP contribution < -0.4 is 30.6 Å². The summed E-state index contributed by atoms with van der Waals surface area (Å²) in [6.07, 6.45) is 1.73. The summed E-state index contributed by atoms with van der Waals surface area (Å²) in [6.45, 7) is 2.47. The minimum Gasteiger partial charge on any atom is -0.493 e. The number of thioether (sulfide) groups is 1. The zero-order valence-corrected chi connectivity index (χ0v) is 18.2. The first-order valence-corrected chi connectivity index (χ1v) is 10.2. The number of nitrogens with two attached hydrogens (primary N) is 1. The molecule has 9 nitrogen and oxygen atoms in total. The van der Waals surface area contributed by atoms with Crippen molar-refractivity contribution in [3.63, 3.8) is 0 Å². The molecule has 2 rings (SSSR count). The Morgan fingerprint density at radius 3 is 2.33 bits per heavy atom. The van der Waals surface area contributed by atoms with Crippen molar-refractivity contribution in [2.75, 3.05) is 27.9 Å². The van der Waals surface area contributed by atoms with E-state index in [2.05, 4.69) is 16.7 Å². The lowest BCUT2D eigenvalue weighted by atomic mass is 9.88. The molecule has 0 bridgehead atoms. The van der Waals surface area contributed by atoms with Crippen LogP contribution in [0.1, 0.15) is 31.2 Å². The van der Waals surface area contributed by atoms with Gasteiger partial charge in [0, 0.05) is 12.5 Å². The number of hydrogen-bond donors (Lipinski definition) is 3. The van der Waals surface area contributed by atoms with E-state index in [0.29, 0.717) is 29.4 Å². The molecule has 4 N–H and O–H groups in total. The number of amides is 3. The molecule has 30 heavy (non-hydrogen) atoms. The zero-order valence-electron chi connectivity index (χ0n) is 17.4. The fraction of sp³-hybridized carbons (Fsp3) is 0.450. The zero-order chi connectivity index (χ0) is 22.3. The summed E-state index contributed by atoms with van der Waals surface area (Å²) in [5.74, 6) is -0.0635. The van der Waals surface area contributed by atoms with Gasteiger partial charge in [0.25, 0.3) is 0 Å². The molecule has 1 aliphatic heterocycles. The molecule has 162 valence electrons. The largest absolute Gasteiger partial charge is 0.493 e. The number of unbranched alkanes of at least 4 members (excludes halogenated alkanes) is 1. The van der Waals surface area contributed by atoms with Gasteiger partial charge < -0.3 is 25.3 Å². The van der Waals surface area contributed by atoms with Crippen molar-refractivity contribution in [3.8, 4) is 23.3 Å². The van der Waals surface area contributed by atoms with Crippen LogP contribution in [0.3, 0.4) is 0 Å². The third-order valence-corrected chi connectivity index (χ3v) is 5.82. The summed E-state index contributed by atoms with van der Waals surface area (Å²) < 4.78 is 16.1. The fourth-order valence-corrected chi connectivity index (χ4v) is 4.30. The minimum atomic E-state index is -0.806. The van der Waals surface area contributed by atoms with Crippen molar-refractivity contribution in [2.45, 2.75) is 30.9 Å². The van der Waals surface area contributed by atoms with Crippen LogP contribution in [0.4, 0.5) is 4.79 Å². The van der Waals surface area contributed by atoms with E-state index in [1.54, 1.807) is 12.1 Å². The molecule has 1 aromatic rings. The monoisotopic (exact) mass is 434 g/mol. The maximum Gasteiger partial charge on any atom is 0.321 e. The molecule has 0 saturated carbocycles. The van der Waals surface area contributed by atoms with Gasteiger partial charge >= 0.3 is 6.03 Å². The Kier molecular flexibility index (Phi) is 8.24. The number of allylic oxidation sites excluding steroid dienone is 1. The van der Waals surface area contributed by atoms with E-state index in [9.17, 15) is 14.9 Å². The fourth-order valence-electron chi connectivity index (χ4n) is 3.13. The molecule has 2 unspecified atom stereocenters. The van der Waals surface area contributed by atoms with Gasteiger partial charge in [-0.05, 0) is 24.1 Å². The summed E-state index contributed by atoms with van der Waals surface area (Å²) in [5, 5.41) is 14.1. The van der Waals surface area contributed by atoms with Gasteiger partial charge in [0.15, 0.2) is 11.5 Å². The van der Waals surface area contributed by atoms with Gasteiger partial charge in [0.05, 0.1) is 38.0 Å². The quantitative estimate of drug-likeness (QED) is 0.530. The summed E-state index contributed by atoms with van der Waals surface area (Å²) in [4.78, 5) is 24.9. The molecule has 0 aliphatic carbocycles. The van der Waals surface area contributed by atoms with Gasteiger partial charge in [0.2, 0.25) is 11.7 Å². The Labute approximate surface area is 179 Å². The highest BCUT2D eigenvalue weighted by atomic mass is 32.2. The second-order valence-electron chi connectivity index (χ2n) is 6.46. The van der Waals surface area contributed by atoms with Crippen LogP contribution in [0, 0.1) is 11.3 Å². The number of nitriles is 1. The topological polar surface area (TPSA) is 136 Å². The molecule has 10 heteroatoms. The Morgan fingerprint density at radius 1 is 1.20 bits per heavy atom. The SMILES string of the molecule is CCCCNC(=O)NC(=O)C1SC(N)=C(C#N)C1c1cc(OC)c(OC)c(OC)c1. The van der Waals surface area contributed by atoms with E-state index in [-0.39, 0.29) is 10.6 Å². The van der Waals surface area contributed by atoms with Gasteiger partial charge in [-0.15, -0.1) is 0 Å². The number of nitrogens with zero attached hydrogens (tertiary/aromatic N) is 1. The van der Waals surface area contributed by atoms with Crippen LogP contribution in [0.5, 0.6) is 17.2 Å². The lowest BCUT2D eigenvalue weighted by Crippen LogP contribution is -2.44. The molecule has 0 aromatic heterocycles. The van der Waals surface area contributed by atoms with Crippen molar-refractivity contribution in [1.29, 1.82) is 5.26 Å². The van der Waals surface area contributed by atoms with E-state index in [1.807, 2.05) is 6.92 Å². The van der Waals surface area contributed by atoms with Crippen LogP contribution in [0.2, 0.25) is 0 Å². The standard InChI is InChI=1S/C20H26N4O5S/c1-5-6-7-23-20(26)24-19(25)17-15(12(10-21)18(22)30-17)11-8-13(27-2)16(29-4)14(9-11)28-3/h8-9,15,17H,5-7,22H2,1-4H3,(H2,23,24,25,26). The van der Waals surface area contributed by atoms with Crippen molar-refractivity contribution < 1.29 is 23.8 Å². The van der Waals surface area contributed by atoms with E-state index < -0.39 is 23.1 Å². The number of rotatable bonds is 8. The van der Waals surface area contributed by atoms with Crippen molar-refractivity contribution >= 4 is 23.7 Å². The van der Waals surface area contributed by atoms with Crippen LogP contribution in [-0.4, -0.2) is 45.1 Å². The Balaban J connectivity index is 2.38. The Bertz CT molecular complexity index is 855. The average Bonchev–Trinajstić information content (AvgIpc) is 3.08. The molecule has 0 radical (unpaired) electrons. The van der Waals surface area contributed by atoms with Crippen LogP contribution in [0.15, 0.2) is 22.7 Å². The van der Waals surface area contributed by atoms with E-state index >= 15 is 0 Å². The predicted octanol–water partition coefficient (Wildman–Crippen LogP) is 2.23. The van der Waals surface area contributed by atoms with Crippen LogP contribution in [-0.2, 0) is 4.79 Å². The van der Waals surface area contributed by atoms with Gasteiger partial charge in [-0.25, -0.2) is 4.79 Å². The average molecular weight is 435 g/mol. The van der Waals surface area contributed by atoms with Crippen LogP contribution >= 0.6 is 11.8 Å². The first-order valence-electron chi connectivity index (χ1n) is 9.36. The van der Waals surface area contributed by atoms with E-state index in [4.69, 9.17) is 19.9 Å². The predicted molar refractivity (Wildman–Crippen MR) is 113 cm³/mol. The summed E-state index contributed by atoms with van der Waals surface area (Å²) in [5.41, 5.74) is 6.86. The number of nitrogens with one attached hydrogen (secondary N) is 2. The molecule has 1 aromatic carbocycles. The van der Waals surface area contributed by atoms with Gasteiger partial charge in [-0.2, -0.15) is 5.26 Å². The first kappa shape index (κ1) is 23.2. The van der Waals surface area contributed by atoms with Crippen LogP contribution in [0.25, 0.3) is 0 Å². The van der Waals surface area contributed by atoms with Gasteiger partial charge in [-0.1, -0.05) is 25.1 Å². The number of carbonyl (C=O) groups is 2. The maximum atomic E-state index is 12.8. The Hall–Kier alpha value is -3.06.